The molecule has 7 heteroatoms. The first-order valence-electron chi connectivity index (χ1n) is 8.59. The molecule has 0 spiro atoms. The monoisotopic (exact) mass is 360 g/mol. The predicted molar refractivity (Wildman–Crippen MR) is 94.5 cm³/mol. The van der Waals surface area contributed by atoms with Crippen molar-refractivity contribution in [3.8, 4) is 0 Å². The van der Waals surface area contributed by atoms with E-state index in [0.717, 1.165) is 36.9 Å². The summed E-state index contributed by atoms with van der Waals surface area (Å²) in [5.74, 6) is 0.00875. The number of rotatable bonds is 3. The van der Waals surface area contributed by atoms with Gasteiger partial charge in [0, 0.05) is 37.7 Å². The van der Waals surface area contributed by atoms with Crippen LogP contribution in [0, 0.1) is 0 Å². The van der Waals surface area contributed by atoms with Crippen molar-refractivity contribution in [3.05, 3.63) is 52.3 Å². The molecule has 1 amide bonds. The Morgan fingerprint density at radius 3 is 2.64 bits per heavy atom. The van der Waals surface area contributed by atoms with E-state index in [9.17, 15) is 4.79 Å². The van der Waals surface area contributed by atoms with Crippen molar-refractivity contribution in [2.24, 2.45) is 0 Å². The third-order valence-corrected chi connectivity index (χ3v) is 4.97. The fourth-order valence-electron chi connectivity index (χ4n) is 3.34. The molecule has 1 fully saturated rings. The van der Waals surface area contributed by atoms with Crippen LogP contribution in [0.25, 0.3) is 0 Å². The molecule has 2 aromatic rings. The number of aromatic nitrogens is 2. The Bertz CT molecular complexity index is 753. The van der Waals surface area contributed by atoms with Crippen molar-refractivity contribution in [2.45, 2.75) is 19.6 Å². The third-order valence-electron chi connectivity index (χ3n) is 4.71. The van der Waals surface area contributed by atoms with Gasteiger partial charge in [0.1, 0.15) is 0 Å². The van der Waals surface area contributed by atoms with Gasteiger partial charge in [0.2, 0.25) is 0 Å². The maximum absolute atomic E-state index is 12.6. The second-order valence-electron chi connectivity index (χ2n) is 6.49. The van der Waals surface area contributed by atoms with Crippen LogP contribution in [0.2, 0.25) is 5.02 Å². The molecule has 6 nitrogen and oxygen atoms in total. The number of fused-ring (bicyclic) bond motifs is 1. The van der Waals surface area contributed by atoms with Gasteiger partial charge in [-0.25, -0.2) is 0 Å². The highest BCUT2D eigenvalue weighted by Crippen LogP contribution is 2.18. The van der Waals surface area contributed by atoms with Crippen molar-refractivity contribution in [3.63, 3.8) is 0 Å². The van der Waals surface area contributed by atoms with Crippen LogP contribution in [-0.2, 0) is 24.4 Å². The zero-order chi connectivity index (χ0) is 17.2. The van der Waals surface area contributed by atoms with E-state index in [1.165, 1.54) is 5.56 Å². The minimum absolute atomic E-state index is 0.00875. The molecule has 4 rings (SSSR count). The second-order valence-corrected chi connectivity index (χ2v) is 6.92. The lowest BCUT2D eigenvalue weighted by atomic mass is 10.2. The number of hydrogen-bond donors (Lipinski definition) is 0. The van der Waals surface area contributed by atoms with E-state index in [1.807, 2.05) is 27.8 Å². The van der Waals surface area contributed by atoms with Crippen LogP contribution >= 0.6 is 11.6 Å². The Balaban J connectivity index is 1.43. The molecule has 1 aromatic carbocycles. The fraction of sp³-hybridized carbons (Fsp3) is 0.444. The van der Waals surface area contributed by atoms with Crippen molar-refractivity contribution in [1.82, 2.24) is 19.6 Å². The van der Waals surface area contributed by atoms with Gasteiger partial charge in [0.25, 0.3) is 5.91 Å². The number of morpholine rings is 1. The first kappa shape index (κ1) is 16.6. The van der Waals surface area contributed by atoms with Crippen LogP contribution in [0.5, 0.6) is 0 Å². The molecule has 2 aliphatic rings. The van der Waals surface area contributed by atoms with Gasteiger partial charge in [0.05, 0.1) is 25.5 Å². The summed E-state index contributed by atoms with van der Waals surface area (Å²) >= 11 is 5.95. The lowest BCUT2D eigenvalue weighted by molar-refractivity contribution is 0.0298. The maximum Gasteiger partial charge on any atom is 0.274 e. The molecular formula is C18H21ClN4O2. The average Bonchev–Trinajstić information content (AvgIpc) is 3.07. The molecule has 25 heavy (non-hydrogen) atoms. The zero-order valence-electron chi connectivity index (χ0n) is 14.0. The van der Waals surface area contributed by atoms with Crippen LogP contribution in [0.1, 0.15) is 21.7 Å². The van der Waals surface area contributed by atoms with Crippen LogP contribution in [0.4, 0.5) is 0 Å². The Hall–Kier alpha value is -1.89. The van der Waals surface area contributed by atoms with E-state index in [2.05, 4.69) is 22.1 Å². The number of ether oxygens (including phenoxy) is 1. The molecule has 0 N–H and O–H groups in total. The molecule has 0 saturated carbocycles. The molecule has 2 aliphatic heterocycles. The van der Waals surface area contributed by atoms with E-state index in [1.54, 1.807) is 0 Å². The normalized spacial score (nSPS) is 18.2. The zero-order valence-corrected chi connectivity index (χ0v) is 14.8. The molecule has 0 atom stereocenters. The first-order valence-corrected chi connectivity index (χ1v) is 8.97. The molecule has 3 heterocycles. The minimum Gasteiger partial charge on any atom is -0.378 e. The summed E-state index contributed by atoms with van der Waals surface area (Å²) < 4.78 is 7.27. The van der Waals surface area contributed by atoms with Crippen molar-refractivity contribution in [1.29, 1.82) is 0 Å². The summed E-state index contributed by atoms with van der Waals surface area (Å²) in [5, 5.41) is 5.28. The number of amides is 1. The largest absolute Gasteiger partial charge is 0.378 e. The van der Waals surface area contributed by atoms with Gasteiger partial charge in [-0.05, 0) is 23.8 Å². The topological polar surface area (TPSA) is 50.6 Å². The van der Waals surface area contributed by atoms with E-state index >= 15 is 0 Å². The fourth-order valence-corrected chi connectivity index (χ4v) is 3.46. The smallest absolute Gasteiger partial charge is 0.274 e. The standard InChI is InChI=1S/C18H21ClN4O2/c19-15-3-1-14(2-4-15)12-21-5-6-23-16(13-21)11-17(20-23)18(24)22-7-9-25-10-8-22/h1-4,11H,5-10,12-13H2. The number of nitrogens with zero attached hydrogens (tertiary/aromatic N) is 4. The van der Waals surface area contributed by atoms with Gasteiger partial charge in [-0.3, -0.25) is 14.4 Å². The van der Waals surface area contributed by atoms with Gasteiger partial charge in [0.15, 0.2) is 5.69 Å². The van der Waals surface area contributed by atoms with E-state index in [-0.39, 0.29) is 5.91 Å². The lowest BCUT2D eigenvalue weighted by Crippen LogP contribution is -2.40. The van der Waals surface area contributed by atoms with Crippen molar-refractivity contribution in [2.75, 3.05) is 32.8 Å². The summed E-state index contributed by atoms with van der Waals surface area (Å²) in [4.78, 5) is 16.8. The predicted octanol–water partition coefficient (Wildman–Crippen LogP) is 2.02. The van der Waals surface area contributed by atoms with Crippen molar-refractivity contribution < 1.29 is 9.53 Å². The quantitative estimate of drug-likeness (QED) is 0.840. The third kappa shape index (κ3) is 3.71. The Morgan fingerprint density at radius 1 is 1.12 bits per heavy atom. The number of benzene rings is 1. The first-order chi connectivity index (χ1) is 12.2. The van der Waals surface area contributed by atoms with Gasteiger partial charge < -0.3 is 9.64 Å². The Morgan fingerprint density at radius 2 is 1.88 bits per heavy atom. The molecule has 0 unspecified atom stereocenters. The summed E-state index contributed by atoms with van der Waals surface area (Å²) in [6.07, 6.45) is 0. The molecular weight excluding hydrogens is 340 g/mol. The van der Waals surface area contributed by atoms with Crippen LogP contribution < -0.4 is 0 Å². The molecule has 0 aliphatic carbocycles. The molecule has 1 saturated heterocycles. The Kier molecular flexibility index (Phi) is 4.74. The van der Waals surface area contributed by atoms with Gasteiger partial charge in [-0.15, -0.1) is 0 Å². The highest BCUT2D eigenvalue weighted by Gasteiger charge is 2.25. The summed E-state index contributed by atoms with van der Waals surface area (Å²) in [5.41, 5.74) is 2.88. The van der Waals surface area contributed by atoms with Crippen LogP contribution in [0.3, 0.4) is 0 Å². The van der Waals surface area contributed by atoms with Gasteiger partial charge in [-0.2, -0.15) is 5.10 Å². The summed E-state index contributed by atoms with van der Waals surface area (Å²) in [7, 11) is 0. The molecule has 1 aromatic heterocycles. The number of carbonyl (C=O) groups is 1. The van der Waals surface area contributed by atoms with E-state index < -0.39 is 0 Å². The van der Waals surface area contributed by atoms with E-state index in [0.29, 0.717) is 32.0 Å². The highest BCUT2D eigenvalue weighted by molar-refractivity contribution is 6.30. The second kappa shape index (κ2) is 7.15. The average molecular weight is 361 g/mol. The Labute approximate surface area is 151 Å². The number of hydrogen-bond acceptors (Lipinski definition) is 4. The number of halogens is 1. The van der Waals surface area contributed by atoms with Gasteiger partial charge >= 0.3 is 0 Å². The molecule has 0 bridgehead atoms. The van der Waals surface area contributed by atoms with E-state index in [4.69, 9.17) is 16.3 Å². The minimum atomic E-state index is 0.00875. The van der Waals surface area contributed by atoms with Crippen LogP contribution in [0.15, 0.2) is 30.3 Å². The molecule has 132 valence electrons. The number of carbonyl (C=O) groups excluding carboxylic acids is 1. The highest BCUT2D eigenvalue weighted by atomic mass is 35.5. The molecule has 0 radical (unpaired) electrons. The summed E-state index contributed by atoms with van der Waals surface area (Å²) in [6.45, 7) is 5.89. The summed E-state index contributed by atoms with van der Waals surface area (Å²) in [6, 6.07) is 9.89. The lowest BCUT2D eigenvalue weighted by Gasteiger charge is -2.27. The van der Waals surface area contributed by atoms with Crippen molar-refractivity contribution >= 4 is 17.5 Å². The SMILES string of the molecule is O=C(c1cc2n(n1)CCN(Cc1ccc(Cl)cc1)C2)N1CCOCC1. The van der Waals surface area contributed by atoms with Gasteiger partial charge in [-0.1, -0.05) is 23.7 Å². The maximum atomic E-state index is 12.6. The van der Waals surface area contributed by atoms with Crippen LogP contribution in [-0.4, -0.2) is 58.3 Å².